The van der Waals surface area contributed by atoms with Gasteiger partial charge in [-0.2, -0.15) is 0 Å². The van der Waals surface area contributed by atoms with Gasteiger partial charge < -0.3 is 5.11 Å². The summed E-state index contributed by atoms with van der Waals surface area (Å²) in [6, 6.07) is 5.41. The molecule has 6 heteroatoms. The third kappa shape index (κ3) is 2.15. The summed E-state index contributed by atoms with van der Waals surface area (Å²) in [5.74, 6) is 0.280. The number of anilines is 1. The summed E-state index contributed by atoms with van der Waals surface area (Å²) in [5.41, 5.74) is 0.706. The van der Waals surface area contributed by atoms with Crippen LogP contribution in [0.3, 0.4) is 0 Å². The largest absolute Gasteiger partial charge is 0.396 e. The maximum absolute atomic E-state index is 11.9. The van der Waals surface area contributed by atoms with Crippen LogP contribution in [0.1, 0.15) is 6.42 Å². The number of fused-ring (bicyclic) bond motifs is 1. The third-order valence-corrected chi connectivity index (χ3v) is 3.59. The molecule has 1 aliphatic heterocycles. The van der Waals surface area contributed by atoms with Gasteiger partial charge in [-0.05, 0) is 12.1 Å². The lowest BCUT2D eigenvalue weighted by molar-refractivity contribution is -0.117. The van der Waals surface area contributed by atoms with Gasteiger partial charge in [0.25, 0.3) is 0 Å². The van der Waals surface area contributed by atoms with E-state index < -0.39 is 0 Å². The van der Waals surface area contributed by atoms with E-state index in [0.29, 0.717) is 29.5 Å². The SMILES string of the molecule is O=C1CC(CO)CN1c1ncc2c(Cl)cccc2n1. The molecule has 1 amide bonds. The number of aliphatic hydroxyl groups is 1. The molecule has 1 aliphatic rings. The minimum atomic E-state index is -0.0552. The quantitative estimate of drug-likeness (QED) is 0.906. The number of aliphatic hydroxyl groups excluding tert-OH is 1. The van der Waals surface area contributed by atoms with Gasteiger partial charge in [0.1, 0.15) is 0 Å². The number of carbonyl (C=O) groups excluding carboxylic acids is 1. The van der Waals surface area contributed by atoms with Gasteiger partial charge in [0, 0.05) is 37.1 Å². The van der Waals surface area contributed by atoms with E-state index in [1.807, 2.05) is 12.1 Å². The van der Waals surface area contributed by atoms with Gasteiger partial charge in [0.05, 0.1) is 10.5 Å². The van der Waals surface area contributed by atoms with Crippen LogP contribution in [0, 0.1) is 5.92 Å². The predicted molar refractivity (Wildman–Crippen MR) is 72.1 cm³/mol. The normalized spacial score (nSPS) is 19.4. The summed E-state index contributed by atoms with van der Waals surface area (Å²) in [4.78, 5) is 21.9. The van der Waals surface area contributed by atoms with Crippen LogP contribution in [0.4, 0.5) is 5.95 Å². The number of carbonyl (C=O) groups is 1. The molecule has 5 nitrogen and oxygen atoms in total. The molecule has 2 heterocycles. The second-order valence-corrected chi connectivity index (χ2v) is 5.01. The van der Waals surface area contributed by atoms with Gasteiger partial charge in [-0.15, -0.1) is 0 Å². The van der Waals surface area contributed by atoms with Crippen molar-refractivity contribution in [2.75, 3.05) is 18.1 Å². The molecule has 0 spiro atoms. The first-order valence-electron chi connectivity index (χ1n) is 6.01. The molecule has 0 radical (unpaired) electrons. The Labute approximate surface area is 114 Å². The number of rotatable bonds is 2. The van der Waals surface area contributed by atoms with E-state index in [-0.39, 0.29) is 18.4 Å². The summed E-state index contributed by atoms with van der Waals surface area (Å²) in [6.45, 7) is 0.461. The number of hydrogen-bond acceptors (Lipinski definition) is 4. The Morgan fingerprint density at radius 1 is 1.47 bits per heavy atom. The first-order valence-corrected chi connectivity index (χ1v) is 6.39. The zero-order valence-corrected chi connectivity index (χ0v) is 10.8. The maximum Gasteiger partial charge on any atom is 0.232 e. The number of halogens is 1. The number of amides is 1. The van der Waals surface area contributed by atoms with Crippen molar-refractivity contribution < 1.29 is 9.90 Å². The molecule has 1 fully saturated rings. The van der Waals surface area contributed by atoms with Crippen molar-refractivity contribution in [3.8, 4) is 0 Å². The van der Waals surface area contributed by atoms with Gasteiger partial charge in [0.15, 0.2) is 0 Å². The molecule has 1 atom stereocenters. The second-order valence-electron chi connectivity index (χ2n) is 4.60. The van der Waals surface area contributed by atoms with Crippen molar-refractivity contribution in [2.24, 2.45) is 5.92 Å². The van der Waals surface area contributed by atoms with E-state index in [9.17, 15) is 4.79 Å². The Morgan fingerprint density at radius 3 is 3.05 bits per heavy atom. The van der Waals surface area contributed by atoms with Gasteiger partial charge in [0.2, 0.25) is 11.9 Å². The minimum Gasteiger partial charge on any atom is -0.396 e. The van der Waals surface area contributed by atoms with Crippen molar-refractivity contribution in [3.05, 3.63) is 29.4 Å². The van der Waals surface area contributed by atoms with E-state index in [0.717, 1.165) is 5.39 Å². The Balaban J connectivity index is 2.00. The lowest BCUT2D eigenvalue weighted by atomic mass is 10.1. The average Bonchev–Trinajstić information content (AvgIpc) is 2.80. The minimum absolute atomic E-state index is 0.00164. The van der Waals surface area contributed by atoms with Crippen LogP contribution in [0.25, 0.3) is 10.9 Å². The molecule has 3 rings (SSSR count). The highest BCUT2D eigenvalue weighted by atomic mass is 35.5. The molecule has 1 aromatic heterocycles. The molecule has 1 N–H and O–H groups in total. The fraction of sp³-hybridized carbons (Fsp3) is 0.308. The predicted octanol–water partition coefficient (Wildman–Crippen LogP) is 1.63. The molecule has 98 valence electrons. The summed E-state index contributed by atoms with van der Waals surface area (Å²) in [6.07, 6.45) is 1.97. The monoisotopic (exact) mass is 277 g/mol. The Bertz CT molecular complexity index is 647. The van der Waals surface area contributed by atoms with Crippen LogP contribution in [0.15, 0.2) is 24.4 Å². The number of hydrogen-bond donors (Lipinski definition) is 1. The average molecular weight is 278 g/mol. The van der Waals surface area contributed by atoms with Crippen LogP contribution in [0.2, 0.25) is 5.02 Å². The summed E-state index contributed by atoms with van der Waals surface area (Å²) < 4.78 is 0. The third-order valence-electron chi connectivity index (χ3n) is 3.26. The van der Waals surface area contributed by atoms with Crippen molar-refractivity contribution >= 4 is 34.4 Å². The Hall–Kier alpha value is -1.72. The van der Waals surface area contributed by atoms with Crippen LogP contribution >= 0.6 is 11.6 Å². The highest BCUT2D eigenvalue weighted by molar-refractivity contribution is 6.35. The Kier molecular flexibility index (Phi) is 3.08. The molecular formula is C13H12ClN3O2. The highest BCUT2D eigenvalue weighted by Gasteiger charge is 2.31. The fourth-order valence-electron chi connectivity index (χ4n) is 2.24. The topological polar surface area (TPSA) is 66.3 Å². The number of nitrogens with zero attached hydrogens (tertiary/aromatic N) is 3. The molecule has 19 heavy (non-hydrogen) atoms. The van der Waals surface area contributed by atoms with Crippen molar-refractivity contribution in [1.82, 2.24) is 9.97 Å². The molecular weight excluding hydrogens is 266 g/mol. The van der Waals surface area contributed by atoms with Gasteiger partial charge in [-0.1, -0.05) is 17.7 Å². The van der Waals surface area contributed by atoms with Gasteiger partial charge in [-0.25, -0.2) is 9.97 Å². The van der Waals surface area contributed by atoms with Crippen LogP contribution < -0.4 is 4.90 Å². The smallest absolute Gasteiger partial charge is 0.232 e. The zero-order chi connectivity index (χ0) is 13.4. The molecule has 1 saturated heterocycles. The Morgan fingerprint density at radius 2 is 2.32 bits per heavy atom. The number of aromatic nitrogens is 2. The lowest BCUT2D eigenvalue weighted by Gasteiger charge is -2.14. The molecule has 0 saturated carbocycles. The summed E-state index contributed by atoms with van der Waals surface area (Å²) >= 11 is 6.05. The van der Waals surface area contributed by atoms with E-state index in [1.54, 1.807) is 12.3 Å². The van der Waals surface area contributed by atoms with Crippen molar-refractivity contribution in [3.63, 3.8) is 0 Å². The molecule has 0 bridgehead atoms. The van der Waals surface area contributed by atoms with Crippen molar-refractivity contribution in [1.29, 1.82) is 0 Å². The highest BCUT2D eigenvalue weighted by Crippen LogP contribution is 2.26. The molecule has 2 aromatic rings. The summed E-state index contributed by atoms with van der Waals surface area (Å²) in [7, 11) is 0. The fourth-order valence-corrected chi connectivity index (χ4v) is 2.46. The molecule has 0 aliphatic carbocycles. The first-order chi connectivity index (χ1) is 9.19. The maximum atomic E-state index is 11.9. The second kappa shape index (κ2) is 4.75. The first kappa shape index (κ1) is 12.3. The van der Waals surface area contributed by atoms with Crippen molar-refractivity contribution in [2.45, 2.75) is 6.42 Å². The molecule has 1 unspecified atom stereocenters. The van der Waals surface area contributed by atoms with Gasteiger partial charge in [-0.3, -0.25) is 9.69 Å². The van der Waals surface area contributed by atoms with E-state index >= 15 is 0 Å². The van der Waals surface area contributed by atoms with Crippen LogP contribution in [0.5, 0.6) is 0 Å². The zero-order valence-electron chi connectivity index (χ0n) is 10.1. The lowest BCUT2D eigenvalue weighted by Crippen LogP contribution is -2.26. The molecule has 1 aromatic carbocycles. The summed E-state index contributed by atoms with van der Waals surface area (Å²) in [5, 5.41) is 10.5. The standard InChI is InChI=1S/C13H12ClN3O2/c14-10-2-1-3-11-9(10)5-15-13(16-11)17-6-8(7-18)4-12(17)19/h1-3,5,8,18H,4,6-7H2. The van der Waals surface area contributed by atoms with Crippen LogP contribution in [-0.4, -0.2) is 34.1 Å². The van der Waals surface area contributed by atoms with E-state index in [4.69, 9.17) is 16.7 Å². The van der Waals surface area contributed by atoms with E-state index in [1.165, 1.54) is 4.90 Å². The number of benzene rings is 1. The van der Waals surface area contributed by atoms with Crippen LogP contribution in [-0.2, 0) is 4.79 Å². The van der Waals surface area contributed by atoms with E-state index in [2.05, 4.69) is 9.97 Å². The van der Waals surface area contributed by atoms with Gasteiger partial charge >= 0.3 is 0 Å².